The first-order chi connectivity index (χ1) is 17.9. The van der Waals surface area contributed by atoms with Crippen LogP contribution in [0.1, 0.15) is 58.2 Å². The number of aromatic nitrogens is 1. The molecule has 1 spiro atoms. The fourth-order valence-corrected chi connectivity index (χ4v) is 8.85. The van der Waals surface area contributed by atoms with Crippen molar-refractivity contribution in [2.24, 2.45) is 11.3 Å². The third-order valence-electron chi connectivity index (χ3n) is 11.0. The number of hydrogen-bond acceptors (Lipinski definition) is 6. The van der Waals surface area contributed by atoms with Crippen molar-refractivity contribution >= 4 is 16.7 Å². The lowest BCUT2D eigenvalue weighted by molar-refractivity contribution is -0.279. The lowest BCUT2D eigenvalue weighted by Crippen LogP contribution is -2.74. The molecule has 3 N–H and O–H groups in total. The number of aliphatic hydroxyl groups is 2. The number of hydrogen-bond donors (Lipinski definition) is 3. The Morgan fingerprint density at radius 2 is 1.97 bits per heavy atom. The van der Waals surface area contributed by atoms with Gasteiger partial charge < -0.3 is 29.4 Å². The molecule has 38 heavy (non-hydrogen) atoms. The van der Waals surface area contributed by atoms with Gasteiger partial charge in [-0.05, 0) is 62.3 Å². The molecule has 1 unspecified atom stereocenters. The van der Waals surface area contributed by atoms with Gasteiger partial charge in [0.2, 0.25) is 0 Å². The minimum absolute atomic E-state index is 0.126. The Morgan fingerprint density at radius 1 is 1.21 bits per heavy atom. The van der Waals surface area contributed by atoms with Crippen LogP contribution in [0.15, 0.2) is 48.1 Å². The van der Waals surface area contributed by atoms with E-state index in [-0.39, 0.29) is 24.9 Å². The molecule has 3 heterocycles. The first-order valence-electron chi connectivity index (χ1n) is 13.8. The van der Waals surface area contributed by atoms with Gasteiger partial charge >= 0.3 is 0 Å². The van der Waals surface area contributed by atoms with E-state index in [1.54, 1.807) is 6.08 Å². The maximum absolute atomic E-state index is 13.4. The number of aromatic amines is 1. The molecular formula is C31H37NO6. The molecule has 1 aromatic carbocycles. The normalized spacial score (nSPS) is 42.3. The monoisotopic (exact) mass is 519 g/mol. The summed E-state index contributed by atoms with van der Waals surface area (Å²) in [5, 5.41) is 24.0. The molecule has 2 aromatic rings. The number of benzene rings is 1. The summed E-state index contributed by atoms with van der Waals surface area (Å²) in [4.78, 5) is 17.1. The minimum Gasteiger partial charge on any atom is -0.392 e. The Hall–Kier alpha value is -2.29. The predicted molar refractivity (Wildman–Crippen MR) is 142 cm³/mol. The van der Waals surface area contributed by atoms with Crippen LogP contribution in [-0.2, 0) is 30.8 Å². The van der Waals surface area contributed by atoms with Crippen molar-refractivity contribution in [1.29, 1.82) is 0 Å². The summed E-state index contributed by atoms with van der Waals surface area (Å²) in [5.74, 6) is -1.13. The fraction of sp³-hybridized carbons (Fsp3) is 0.581. The Kier molecular flexibility index (Phi) is 4.86. The zero-order valence-corrected chi connectivity index (χ0v) is 22.6. The first-order valence-corrected chi connectivity index (χ1v) is 13.8. The molecule has 7 rings (SSSR count). The van der Waals surface area contributed by atoms with Crippen molar-refractivity contribution in [1.82, 2.24) is 4.98 Å². The number of carbonyl (C=O) groups is 1. The van der Waals surface area contributed by atoms with Crippen LogP contribution >= 0.6 is 0 Å². The van der Waals surface area contributed by atoms with E-state index in [0.717, 1.165) is 11.9 Å². The van der Waals surface area contributed by atoms with E-state index in [0.29, 0.717) is 30.4 Å². The largest absolute Gasteiger partial charge is 0.392 e. The summed E-state index contributed by atoms with van der Waals surface area (Å²) in [7, 11) is 0. The first kappa shape index (κ1) is 24.7. The maximum atomic E-state index is 13.4. The van der Waals surface area contributed by atoms with Crippen LogP contribution in [0, 0.1) is 11.3 Å². The molecule has 2 saturated carbocycles. The van der Waals surface area contributed by atoms with Crippen LogP contribution in [0.2, 0.25) is 0 Å². The van der Waals surface area contributed by atoms with Gasteiger partial charge in [-0.2, -0.15) is 0 Å². The number of nitrogens with one attached hydrogen (secondary N) is 1. The summed E-state index contributed by atoms with van der Waals surface area (Å²) in [6, 6.07) is 8.39. The van der Waals surface area contributed by atoms with Crippen LogP contribution in [0.3, 0.4) is 0 Å². The number of H-pyrrole nitrogens is 1. The molecule has 7 atom stereocenters. The molecule has 7 heteroatoms. The summed E-state index contributed by atoms with van der Waals surface area (Å²) < 4.78 is 19.4. The molecular weight excluding hydrogens is 482 g/mol. The third kappa shape index (κ3) is 2.69. The van der Waals surface area contributed by atoms with E-state index in [9.17, 15) is 15.0 Å². The molecule has 1 saturated heterocycles. The summed E-state index contributed by atoms with van der Waals surface area (Å²) in [6.07, 6.45) is 2.90. The number of ketones is 1. The van der Waals surface area contributed by atoms with Crippen LogP contribution in [0.25, 0.3) is 10.9 Å². The van der Waals surface area contributed by atoms with Gasteiger partial charge in [-0.25, -0.2) is 0 Å². The lowest BCUT2D eigenvalue weighted by Gasteiger charge is -2.67. The molecule has 1 aromatic heterocycles. The molecule has 202 valence electrons. The van der Waals surface area contributed by atoms with E-state index >= 15 is 0 Å². The number of rotatable bonds is 4. The Bertz CT molecular complexity index is 1420. The molecule has 7 nitrogen and oxygen atoms in total. The second-order valence-electron chi connectivity index (χ2n) is 13.1. The highest BCUT2D eigenvalue weighted by Crippen LogP contribution is 2.72. The Balaban J connectivity index is 1.43. The molecule has 2 bridgehead atoms. The van der Waals surface area contributed by atoms with Crippen molar-refractivity contribution in [2.45, 2.75) is 88.0 Å². The smallest absolute Gasteiger partial charge is 0.195 e. The third-order valence-corrected chi connectivity index (χ3v) is 11.0. The molecule has 3 fully saturated rings. The van der Waals surface area contributed by atoms with Gasteiger partial charge in [-0.15, -0.1) is 0 Å². The highest BCUT2D eigenvalue weighted by Gasteiger charge is 2.78. The Morgan fingerprint density at radius 3 is 2.74 bits per heavy atom. The van der Waals surface area contributed by atoms with Gasteiger partial charge in [-0.3, -0.25) is 4.79 Å². The zero-order chi connectivity index (χ0) is 26.9. The molecule has 3 aliphatic carbocycles. The topological polar surface area (TPSA) is 101 Å². The van der Waals surface area contributed by atoms with Crippen LogP contribution in [0.5, 0.6) is 0 Å². The van der Waals surface area contributed by atoms with E-state index in [1.165, 1.54) is 16.6 Å². The standard InChI is InChI=1S/C31H37NO6/c1-17(15-33)16-36-24-13-18-12-20-19-8-6-7-9-21(19)32-25(20)29(18,5)28(4)10-11-30-23(31(24,28)35)14-22(34)26(37-30)27(2,3)38-30/h6-9,14,18,24,26,32-33,35H,1,10-13,15-16H2,2-5H3/t18-,24+,26+,28-,29-,30?,31+/m1/s1. The molecule has 5 aliphatic rings. The van der Waals surface area contributed by atoms with Crippen LogP contribution in [-0.4, -0.2) is 63.4 Å². The van der Waals surface area contributed by atoms with Crippen molar-refractivity contribution < 1.29 is 29.2 Å². The van der Waals surface area contributed by atoms with Gasteiger partial charge in [-0.1, -0.05) is 38.6 Å². The lowest BCUT2D eigenvalue weighted by atomic mass is 9.41. The molecule has 2 aliphatic heterocycles. The van der Waals surface area contributed by atoms with Gasteiger partial charge in [0.15, 0.2) is 17.7 Å². The van der Waals surface area contributed by atoms with Gasteiger partial charge in [0.25, 0.3) is 0 Å². The summed E-state index contributed by atoms with van der Waals surface area (Å²) in [6.45, 7) is 12.0. The van der Waals surface area contributed by atoms with Crippen molar-refractivity contribution in [2.75, 3.05) is 13.2 Å². The van der Waals surface area contributed by atoms with E-state index in [4.69, 9.17) is 14.2 Å². The molecule has 0 radical (unpaired) electrons. The SMILES string of the molecule is C=C(CO)CO[C@H]1C[C@H]2Cc3c([nH]c4ccccc34)[C@]2(C)[C@@]2(C)CCC34O[C@@H](C(=O)C=C3[C@]12O)C(C)(C)O4. The van der Waals surface area contributed by atoms with Crippen molar-refractivity contribution in [3.05, 3.63) is 59.3 Å². The summed E-state index contributed by atoms with van der Waals surface area (Å²) >= 11 is 0. The number of ether oxygens (including phenoxy) is 3. The fourth-order valence-electron chi connectivity index (χ4n) is 8.85. The van der Waals surface area contributed by atoms with E-state index in [2.05, 4.69) is 43.6 Å². The number of carbonyl (C=O) groups excluding carboxylic acids is 1. The van der Waals surface area contributed by atoms with E-state index in [1.807, 2.05) is 19.9 Å². The van der Waals surface area contributed by atoms with Crippen LogP contribution in [0.4, 0.5) is 0 Å². The maximum Gasteiger partial charge on any atom is 0.195 e. The van der Waals surface area contributed by atoms with Crippen molar-refractivity contribution in [3.8, 4) is 0 Å². The predicted octanol–water partition coefficient (Wildman–Crippen LogP) is 3.87. The highest BCUT2D eigenvalue weighted by molar-refractivity contribution is 5.97. The van der Waals surface area contributed by atoms with E-state index < -0.39 is 40.0 Å². The molecule has 0 amide bonds. The Labute approximate surface area is 222 Å². The van der Waals surface area contributed by atoms with Gasteiger partial charge in [0.05, 0.1) is 19.3 Å². The average molecular weight is 520 g/mol. The highest BCUT2D eigenvalue weighted by atomic mass is 16.8. The second kappa shape index (κ2) is 7.46. The average Bonchev–Trinajstić information content (AvgIpc) is 3.47. The van der Waals surface area contributed by atoms with Gasteiger partial charge in [0, 0.05) is 39.4 Å². The summed E-state index contributed by atoms with van der Waals surface area (Å²) in [5.41, 5.74) is 1.13. The second-order valence-corrected chi connectivity index (χ2v) is 13.1. The van der Waals surface area contributed by atoms with Gasteiger partial charge in [0.1, 0.15) is 11.2 Å². The van der Waals surface area contributed by atoms with Crippen LogP contribution < -0.4 is 0 Å². The number of fused-ring (bicyclic) bond motifs is 9. The number of para-hydroxylation sites is 1. The number of aliphatic hydroxyl groups excluding tert-OH is 1. The zero-order valence-electron chi connectivity index (χ0n) is 22.6. The quantitative estimate of drug-likeness (QED) is 0.531. The minimum atomic E-state index is -1.55. The van der Waals surface area contributed by atoms with Crippen molar-refractivity contribution in [3.63, 3.8) is 0 Å².